The molecule has 0 aliphatic rings. The molecular weight excluding hydrogens is 390 g/mol. The molecule has 0 saturated carbocycles. The van der Waals surface area contributed by atoms with Gasteiger partial charge in [0, 0.05) is 18.8 Å². The molecular formula is C21H29N3O2S2. The van der Waals surface area contributed by atoms with Crippen molar-refractivity contribution < 1.29 is 8.42 Å². The van der Waals surface area contributed by atoms with Crippen LogP contribution in [0.3, 0.4) is 0 Å². The summed E-state index contributed by atoms with van der Waals surface area (Å²) >= 11 is 5.42. The van der Waals surface area contributed by atoms with Crippen LogP contribution in [0, 0.1) is 13.8 Å². The Morgan fingerprint density at radius 2 is 1.57 bits per heavy atom. The van der Waals surface area contributed by atoms with E-state index in [1.54, 1.807) is 12.1 Å². The van der Waals surface area contributed by atoms with Gasteiger partial charge in [0.25, 0.3) is 0 Å². The van der Waals surface area contributed by atoms with Gasteiger partial charge in [-0.25, -0.2) is 8.42 Å². The zero-order valence-corrected chi connectivity index (χ0v) is 18.7. The first-order valence-corrected chi connectivity index (χ1v) is 11.3. The molecule has 0 aliphatic carbocycles. The molecule has 28 heavy (non-hydrogen) atoms. The minimum Gasteiger partial charge on any atom is -0.356 e. The lowest BCUT2D eigenvalue weighted by atomic mass is 10.1. The van der Waals surface area contributed by atoms with Crippen molar-refractivity contribution in [2.45, 2.75) is 45.6 Å². The summed E-state index contributed by atoms with van der Waals surface area (Å²) in [6, 6.07) is 13.1. The Morgan fingerprint density at radius 1 is 1.04 bits per heavy atom. The van der Waals surface area contributed by atoms with Crippen LogP contribution in [0.2, 0.25) is 0 Å². The molecule has 5 nitrogen and oxygen atoms in total. The number of benzene rings is 2. The fourth-order valence-electron chi connectivity index (χ4n) is 3.14. The van der Waals surface area contributed by atoms with Gasteiger partial charge < -0.3 is 10.6 Å². The molecule has 0 aromatic heterocycles. The molecule has 0 spiro atoms. The van der Waals surface area contributed by atoms with E-state index in [9.17, 15) is 8.42 Å². The van der Waals surface area contributed by atoms with Gasteiger partial charge in [-0.1, -0.05) is 32.0 Å². The standard InChI is InChI=1S/C21H29N3O2S2/c1-6-24(7-2)28(25,26)20-10-8-18(9-11-20)17(5)22-21(27)23-19-13-15(3)12-16(4)14-19/h8-14,17H,6-7H2,1-5H3,(H2,22,23,27)/t17-/m1/s1. The van der Waals surface area contributed by atoms with E-state index >= 15 is 0 Å². The highest BCUT2D eigenvalue weighted by atomic mass is 32.2. The average Bonchev–Trinajstić information content (AvgIpc) is 2.61. The quantitative estimate of drug-likeness (QED) is 0.652. The number of anilines is 1. The van der Waals surface area contributed by atoms with Crippen LogP contribution in [0.5, 0.6) is 0 Å². The Balaban J connectivity index is 2.06. The Labute approximate surface area is 174 Å². The van der Waals surface area contributed by atoms with Gasteiger partial charge >= 0.3 is 0 Å². The molecule has 0 fully saturated rings. The fraction of sp³-hybridized carbons (Fsp3) is 0.381. The summed E-state index contributed by atoms with van der Waals surface area (Å²) in [7, 11) is -3.44. The van der Waals surface area contributed by atoms with Gasteiger partial charge in [-0.15, -0.1) is 0 Å². The van der Waals surface area contributed by atoms with Crippen LogP contribution in [0.4, 0.5) is 5.69 Å². The molecule has 2 N–H and O–H groups in total. The molecule has 0 heterocycles. The predicted octanol–water partition coefficient (Wildman–Crippen LogP) is 4.38. The van der Waals surface area contributed by atoms with E-state index in [1.807, 2.05) is 58.9 Å². The lowest BCUT2D eigenvalue weighted by molar-refractivity contribution is 0.445. The first-order valence-electron chi connectivity index (χ1n) is 9.43. The molecule has 1 atom stereocenters. The van der Waals surface area contributed by atoms with E-state index < -0.39 is 10.0 Å². The predicted molar refractivity (Wildman–Crippen MR) is 120 cm³/mol. The van der Waals surface area contributed by atoms with Crippen LogP contribution in [-0.4, -0.2) is 30.9 Å². The van der Waals surface area contributed by atoms with Gasteiger partial charge in [-0.2, -0.15) is 4.31 Å². The van der Waals surface area contributed by atoms with E-state index in [-0.39, 0.29) is 6.04 Å². The lowest BCUT2D eigenvalue weighted by Crippen LogP contribution is -2.31. The van der Waals surface area contributed by atoms with Crippen LogP contribution in [0.15, 0.2) is 47.4 Å². The monoisotopic (exact) mass is 419 g/mol. The molecule has 152 valence electrons. The van der Waals surface area contributed by atoms with E-state index in [0.29, 0.717) is 23.1 Å². The van der Waals surface area contributed by atoms with Gasteiger partial charge in [0.05, 0.1) is 10.9 Å². The van der Waals surface area contributed by atoms with Crippen molar-refractivity contribution in [3.05, 3.63) is 59.2 Å². The van der Waals surface area contributed by atoms with Crippen molar-refractivity contribution >= 4 is 33.0 Å². The number of nitrogens with one attached hydrogen (secondary N) is 2. The third-order valence-corrected chi connectivity index (χ3v) is 6.83. The molecule has 0 bridgehead atoms. The first kappa shape index (κ1) is 22.3. The fourth-order valence-corrected chi connectivity index (χ4v) is 4.89. The van der Waals surface area contributed by atoms with Crippen LogP contribution in [-0.2, 0) is 10.0 Å². The molecule has 2 aromatic rings. The molecule has 0 radical (unpaired) electrons. The van der Waals surface area contributed by atoms with Crippen LogP contribution >= 0.6 is 12.2 Å². The van der Waals surface area contributed by atoms with E-state index in [2.05, 4.69) is 16.7 Å². The Hall–Kier alpha value is -1.96. The van der Waals surface area contributed by atoms with Gasteiger partial charge in [0.15, 0.2) is 5.11 Å². The average molecular weight is 420 g/mol. The van der Waals surface area contributed by atoms with Gasteiger partial charge in [-0.05, 0) is 73.9 Å². The number of hydrogen-bond donors (Lipinski definition) is 2. The summed E-state index contributed by atoms with van der Waals surface area (Å²) in [4.78, 5) is 0.308. The zero-order valence-electron chi connectivity index (χ0n) is 17.1. The molecule has 0 aliphatic heterocycles. The second kappa shape index (κ2) is 9.49. The van der Waals surface area contributed by atoms with Crippen molar-refractivity contribution in [3.63, 3.8) is 0 Å². The SMILES string of the molecule is CCN(CC)S(=O)(=O)c1ccc([C@@H](C)NC(=S)Nc2cc(C)cc(C)c2)cc1. The van der Waals surface area contributed by atoms with Crippen LogP contribution in [0.25, 0.3) is 0 Å². The number of rotatable bonds is 7. The van der Waals surface area contributed by atoms with Crippen molar-refractivity contribution in [2.75, 3.05) is 18.4 Å². The van der Waals surface area contributed by atoms with Crippen molar-refractivity contribution in [2.24, 2.45) is 0 Å². The Bertz CT molecular complexity index is 901. The molecule has 7 heteroatoms. The van der Waals surface area contributed by atoms with Gasteiger partial charge in [0.2, 0.25) is 10.0 Å². The number of hydrogen-bond acceptors (Lipinski definition) is 3. The van der Waals surface area contributed by atoms with E-state index in [4.69, 9.17) is 12.2 Å². The largest absolute Gasteiger partial charge is 0.356 e. The minimum absolute atomic E-state index is 0.0592. The van der Waals surface area contributed by atoms with Gasteiger partial charge in [0.1, 0.15) is 0 Å². The van der Waals surface area contributed by atoms with E-state index in [1.165, 1.54) is 15.4 Å². The van der Waals surface area contributed by atoms with Crippen molar-refractivity contribution in [3.8, 4) is 0 Å². The van der Waals surface area contributed by atoms with Crippen LogP contribution in [0.1, 0.15) is 43.5 Å². The highest BCUT2D eigenvalue weighted by Crippen LogP contribution is 2.20. The summed E-state index contributed by atoms with van der Waals surface area (Å²) in [6.07, 6.45) is 0. The summed E-state index contributed by atoms with van der Waals surface area (Å²) in [5, 5.41) is 6.98. The van der Waals surface area contributed by atoms with Gasteiger partial charge in [-0.3, -0.25) is 0 Å². The topological polar surface area (TPSA) is 61.4 Å². The number of aryl methyl sites for hydroxylation is 2. The highest BCUT2D eigenvalue weighted by molar-refractivity contribution is 7.89. The normalized spacial score (nSPS) is 12.6. The Morgan fingerprint density at radius 3 is 2.07 bits per heavy atom. The molecule has 2 aromatic carbocycles. The minimum atomic E-state index is -3.44. The summed E-state index contributed by atoms with van der Waals surface area (Å²) in [6.45, 7) is 10.7. The highest BCUT2D eigenvalue weighted by Gasteiger charge is 2.21. The summed E-state index contributed by atoms with van der Waals surface area (Å²) in [5.74, 6) is 0. The molecule has 0 saturated heterocycles. The lowest BCUT2D eigenvalue weighted by Gasteiger charge is -2.20. The smallest absolute Gasteiger partial charge is 0.243 e. The maximum atomic E-state index is 12.6. The molecule has 0 amide bonds. The zero-order chi connectivity index (χ0) is 20.9. The number of nitrogens with zero attached hydrogens (tertiary/aromatic N) is 1. The Kier molecular flexibility index (Phi) is 7.57. The third kappa shape index (κ3) is 5.53. The second-order valence-electron chi connectivity index (χ2n) is 6.85. The second-order valence-corrected chi connectivity index (χ2v) is 9.20. The maximum absolute atomic E-state index is 12.6. The third-order valence-electron chi connectivity index (χ3n) is 4.55. The van der Waals surface area contributed by atoms with Crippen molar-refractivity contribution in [1.82, 2.24) is 9.62 Å². The molecule has 0 unspecified atom stereocenters. The maximum Gasteiger partial charge on any atom is 0.243 e. The van der Waals surface area contributed by atoms with Crippen molar-refractivity contribution in [1.29, 1.82) is 0 Å². The molecule has 2 rings (SSSR count). The number of thiocarbonyl (C=S) groups is 1. The summed E-state index contributed by atoms with van der Waals surface area (Å²) in [5.41, 5.74) is 4.25. The summed E-state index contributed by atoms with van der Waals surface area (Å²) < 4.78 is 26.6. The van der Waals surface area contributed by atoms with Crippen LogP contribution < -0.4 is 10.6 Å². The number of sulfonamides is 1. The first-order chi connectivity index (χ1) is 13.2. The van der Waals surface area contributed by atoms with E-state index in [0.717, 1.165) is 11.3 Å².